The number of benzene rings is 1. The molecule has 0 saturated carbocycles. The van der Waals surface area contributed by atoms with Gasteiger partial charge in [0.15, 0.2) is 0 Å². The normalized spacial score (nSPS) is 11.6. The van der Waals surface area contributed by atoms with Gasteiger partial charge in [0.1, 0.15) is 5.75 Å². The van der Waals surface area contributed by atoms with E-state index in [1.54, 1.807) is 31.4 Å². The maximum atomic E-state index is 11.8. The summed E-state index contributed by atoms with van der Waals surface area (Å²) in [6.45, 7) is 4.76. The Morgan fingerprint density at radius 3 is 2.37 bits per heavy atom. The van der Waals surface area contributed by atoms with Crippen LogP contribution in [0.4, 0.5) is 5.69 Å². The van der Waals surface area contributed by atoms with E-state index in [1.165, 1.54) is 0 Å². The fourth-order valence-corrected chi connectivity index (χ4v) is 2.66. The highest BCUT2D eigenvalue weighted by molar-refractivity contribution is 7.92. The highest BCUT2D eigenvalue weighted by Crippen LogP contribution is 2.16. The first-order valence-corrected chi connectivity index (χ1v) is 7.96. The third kappa shape index (κ3) is 6.45. The standard InChI is InChI=1S/C13H22N2O3S/c1-11(2)14-9-4-10-19(16,17)15-12-5-7-13(18-3)8-6-12/h5-8,11,14-15H,4,9-10H2,1-3H3. The summed E-state index contributed by atoms with van der Waals surface area (Å²) in [6.07, 6.45) is 0.587. The minimum absolute atomic E-state index is 0.110. The summed E-state index contributed by atoms with van der Waals surface area (Å²) in [5, 5.41) is 3.19. The van der Waals surface area contributed by atoms with Gasteiger partial charge in [-0.25, -0.2) is 8.42 Å². The minimum atomic E-state index is -3.28. The molecule has 0 unspecified atom stereocenters. The van der Waals surface area contributed by atoms with E-state index in [1.807, 2.05) is 13.8 Å². The molecule has 0 heterocycles. The second-order valence-electron chi connectivity index (χ2n) is 4.61. The van der Waals surface area contributed by atoms with Gasteiger partial charge in [0.2, 0.25) is 10.0 Å². The van der Waals surface area contributed by atoms with Crippen molar-refractivity contribution in [1.82, 2.24) is 5.32 Å². The molecule has 0 spiro atoms. The van der Waals surface area contributed by atoms with Gasteiger partial charge in [0, 0.05) is 11.7 Å². The lowest BCUT2D eigenvalue weighted by molar-refractivity contribution is 0.415. The second kappa shape index (κ2) is 7.35. The van der Waals surface area contributed by atoms with Gasteiger partial charge in [0.05, 0.1) is 12.9 Å². The van der Waals surface area contributed by atoms with Crippen LogP contribution in [0, 0.1) is 0 Å². The Hall–Kier alpha value is -1.27. The largest absolute Gasteiger partial charge is 0.497 e. The Morgan fingerprint density at radius 1 is 1.21 bits per heavy atom. The molecule has 0 bridgehead atoms. The van der Waals surface area contributed by atoms with Crippen LogP contribution in [0.1, 0.15) is 20.3 Å². The summed E-state index contributed by atoms with van der Waals surface area (Å²) in [4.78, 5) is 0. The number of anilines is 1. The Balaban J connectivity index is 2.44. The fourth-order valence-electron chi connectivity index (χ4n) is 1.54. The molecule has 0 fully saturated rings. The van der Waals surface area contributed by atoms with Crippen molar-refractivity contribution >= 4 is 15.7 Å². The van der Waals surface area contributed by atoms with Gasteiger partial charge in [-0.1, -0.05) is 13.8 Å². The lowest BCUT2D eigenvalue weighted by Crippen LogP contribution is -2.26. The molecule has 19 heavy (non-hydrogen) atoms. The molecule has 2 N–H and O–H groups in total. The number of ether oxygens (including phenoxy) is 1. The smallest absolute Gasteiger partial charge is 0.232 e. The van der Waals surface area contributed by atoms with Crippen molar-refractivity contribution in [3.8, 4) is 5.75 Å². The number of hydrogen-bond donors (Lipinski definition) is 2. The molecule has 1 aromatic carbocycles. The molecule has 1 rings (SSSR count). The number of sulfonamides is 1. The summed E-state index contributed by atoms with van der Waals surface area (Å²) in [6, 6.07) is 7.18. The van der Waals surface area contributed by atoms with Crippen LogP contribution in [0.2, 0.25) is 0 Å². The Morgan fingerprint density at radius 2 is 1.84 bits per heavy atom. The van der Waals surface area contributed by atoms with E-state index < -0.39 is 10.0 Å². The second-order valence-corrected chi connectivity index (χ2v) is 6.45. The van der Waals surface area contributed by atoms with E-state index in [-0.39, 0.29) is 5.75 Å². The van der Waals surface area contributed by atoms with Crippen LogP contribution >= 0.6 is 0 Å². The molecule has 0 amide bonds. The molecule has 0 atom stereocenters. The Kier molecular flexibility index (Phi) is 6.11. The van der Waals surface area contributed by atoms with Crippen molar-refractivity contribution in [3.05, 3.63) is 24.3 Å². The minimum Gasteiger partial charge on any atom is -0.497 e. The van der Waals surface area contributed by atoms with Crippen molar-refractivity contribution in [2.75, 3.05) is 24.1 Å². The highest BCUT2D eigenvalue weighted by Gasteiger charge is 2.10. The third-order valence-corrected chi connectivity index (χ3v) is 3.88. The van der Waals surface area contributed by atoms with E-state index in [9.17, 15) is 8.42 Å². The van der Waals surface area contributed by atoms with E-state index in [4.69, 9.17) is 4.74 Å². The first-order valence-electron chi connectivity index (χ1n) is 6.31. The summed E-state index contributed by atoms with van der Waals surface area (Å²) >= 11 is 0. The summed E-state index contributed by atoms with van der Waals surface area (Å²) < 4.78 is 31.2. The summed E-state index contributed by atoms with van der Waals surface area (Å²) in [5.74, 6) is 0.808. The fraction of sp³-hybridized carbons (Fsp3) is 0.538. The van der Waals surface area contributed by atoms with E-state index >= 15 is 0 Å². The maximum Gasteiger partial charge on any atom is 0.232 e. The van der Waals surface area contributed by atoms with Gasteiger partial charge < -0.3 is 10.1 Å². The van der Waals surface area contributed by atoms with E-state index in [0.29, 0.717) is 30.4 Å². The number of hydrogen-bond acceptors (Lipinski definition) is 4. The first-order chi connectivity index (χ1) is 8.93. The van der Waals surface area contributed by atoms with Crippen LogP contribution in [-0.4, -0.2) is 33.9 Å². The molecule has 1 aromatic rings. The van der Waals surface area contributed by atoms with Gasteiger partial charge in [-0.05, 0) is 37.2 Å². The van der Waals surface area contributed by atoms with Crippen molar-refractivity contribution in [2.45, 2.75) is 26.3 Å². The van der Waals surface area contributed by atoms with Crippen LogP contribution < -0.4 is 14.8 Å². The summed E-state index contributed by atoms with van der Waals surface area (Å²) in [7, 11) is -1.71. The summed E-state index contributed by atoms with van der Waals surface area (Å²) in [5.41, 5.74) is 0.553. The zero-order valence-electron chi connectivity index (χ0n) is 11.6. The number of nitrogens with one attached hydrogen (secondary N) is 2. The predicted molar refractivity (Wildman–Crippen MR) is 78.2 cm³/mol. The van der Waals surface area contributed by atoms with Crippen LogP contribution in [0.25, 0.3) is 0 Å². The number of methoxy groups -OCH3 is 1. The molecule has 0 aromatic heterocycles. The van der Waals surface area contributed by atoms with Gasteiger partial charge in [-0.3, -0.25) is 4.72 Å². The maximum absolute atomic E-state index is 11.8. The number of rotatable bonds is 8. The van der Waals surface area contributed by atoms with Crippen LogP contribution in [-0.2, 0) is 10.0 Å². The SMILES string of the molecule is COc1ccc(NS(=O)(=O)CCCNC(C)C)cc1. The molecule has 0 aliphatic carbocycles. The molecule has 0 radical (unpaired) electrons. The van der Waals surface area contributed by atoms with Gasteiger partial charge in [0.25, 0.3) is 0 Å². The molecular formula is C13H22N2O3S. The molecule has 108 valence electrons. The van der Waals surface area contributed by atoms with Crippen LogP contribution in [0.5, 0.6) is 5.75 Å². The molecule has 6 heteroatoms. The average molecular weight is 286 g/mol. The average Bonchev–Trinajstić information content (AvgIpc) is 2.35. The van der Waals surface area contributed by atoms with Crippen molar-refractivity contribution in [2.24, 2.45) is 0 Å². The molecule has 0 aliphatic rings. The van der Waals surface area contributed by atoms with Gasteiger partial charge >= 0.3 is 0 Å². The molecule has 0 aliphatic heterocycles. The molecular weight excluding hydrogens is 264 g/mol. The third-order valence-electron chi connectivity index (χ3n) is 2.51. The van der Waals surface area contributed by atoms with Gasteiger partial charge in [-0.2, -0.15) is 0 Å². The molecule has 5 nitrogen and oxygen atoms in total. The van der Waals surface area contributed by atoms with Crippen molar-refractivity contribution < 1.29 is 13.2 Å². The first kappa shape index (κ1) is 15.8. The molecule has 0 saturated heterocycles. The lowest BCUT2D eigenvalue weighted by Gasteiger charge is -2.10. The van der Waals surface area contributed by atoms with Gasteiger partial charge in [-0.15, -0.1) is 0 Å². The lowest BCUT2D eigenvalue weighted by atomic mass is 10.3. The zero-order valence-corrected chi connectivity index (χ0v) is 12.5. The quantitative estimate of drug-likeness (QED) is 0.715. The van der Waals surface area contributed by atoms with E-state index in [0.717, 1.165) is 0 Å². The van der Waals surface area contributed by atoms with Crippen molar-refractivity contribution in [3.63, 3.8) is 0 Å². The van der Waals surface area contributed by atoms with Crippen LogP contribution in [0.15, 0.2) is 24.3 Å². The zero-order chi connectivity index (χ0) is 14.3. The Labute approximate surface area is 115 Å². The van der Waals surface area contributed by atoms with Crippen LogP contribution in [0.3, 0.4) is 0 Å². The predicted octanol–water partition coefficient (Wildman–Crippen LogP) is 1.82. The Bertz CT molecular complexity index is 469. The van der Waals surface area contributed by atoms with E-state index in [2.05, 4.69) is 10.0 Å². The topological polar surface area (TPSA) is 67.4 Å². The highest BCUT2D eigenvalue weighted by atomic mass is 32.2. The monoisotopic (exact) mass is 286 g/mol. The van der Waals surface area contributed by atoms with Crippen molar-refractivity contribution in [1.29, 1.82) is 0 Å².